The van der Waals surface area contributed by atoms with Gasteiger partial charge in [0.25, 0.3) is 0 Å². The van der Waals surface area contributed by atoms with E-state index < -0.39 is 0 Å². The maximum Gasteiger partial charge on any atom is 0.217 e. The summed E-state index contributed by atoms with van der Waals surface area (Å²) in [6.45, 7) is 3.86. The topological polar surface area (TPSA) is 72.6 Å². The van der Waals surface area contributed by atoms with Gasteiger partial charge in [0.1, 0.15) is 5.75 Å². The molecule has 1 fully saturated rings. The number of aryl methyl sites for hydroxylation is 1. The number of hydrogen-bond acceptors (Lipinski definition) is 4. The number of unbranched alkanes of at least 4 members (excludes halogenated alkanes) is 1. The predicted molar refractivity (Wildman–Crippen MR) is 130 cm³/mol. The van der Waals surface area contributed by atoms with E-state index in [0.717, 1.165) is 10.8 Å². The molecule has 1 aliphatic heterocycles. The van der Waals surface area contributed by atoms with Gasteiger partial charge in [-0.1, -0.05) is 23.7 Å². The Kier molecular flexibility index (Phi) is 11.8. The molecule has 0 aromatic heterocycles. The molecule has 0 aliphatic carbocycles. The molecular formula is C26H35ClN2O3. The van der Waals surface area contributed by atoms with Crippen molar-refractivity contribution in [1.29, 1.82) is 0 Å². The lowest BCUT2D eigenvalue weighted by Gasteiger charge is -2.13. The van der Waals surface area contributed by atoms with Gasteiger partial charge in [-0.25, -0.2) is 0 Å². The number of nitrogens with zero attached hydrogens (tertiary/aromatic N) is 1. The van der Waals surface area contributed by atoms with Gasteiger partial charge in [-0.15, -0.1) is 0 Å². The number of ketones is 1. The third kappa shape index (κ3) is 10.3. The van der Waals surface area contributed by atoms with Crippen LogP contribution in [0.1, 0.15) is 60.9 Å². The lowest BCUT2D eigenvalue weighted by atomic mass is 10.0. The van der Waals surface area contributed by atoms with E-state index in [1.165, 1.54) is 50.9 Å². The summed E-state index contributed by atoms with van der Waals surface area (Å²) < 4.78 is 5.01. The summed E-state index contributed by atoms with van der Waals surface area (Å²) >= 11 is 5.84. The van der Waals surface area contributed by atoms with Gasteiger partial charge >= 0.3 is 0 Å². The van der Waals surface area contributed by atoms with Crippen molar-refractivity contribution in [2.45, 2.75) is 51.4 Å². The first-order chi connectivity index (χ1) is 15.5. The highest BCUT2D eigenvalue weighted by atomic mass is 35.5. The van der Waals surface area contributed by atoms with Crippen LogP contribution in [-0.4, -0.2) is 43.3 Å². The number of carbonyl (C=O) groups excluding carboxylic acids is 2. The third-order valence-electron chi connectivity index (χ3n) is 5.54. The predicted octanol–water partition coefficient (Wildman–Crippen LogP) is 5.29. The number of rotatable bonds is 11. The van der Waals surface area contributed by atoms with Gasteiger partial charge in [0, 0.05) is 23.4 Å². The van der Waals surface area contributed by atoms with Crippen LogP contribution in [0.3, 0.4) is 0 Å². The van der Waals surface area contributed by atoms with E-state index in [0.29, 0.717) is 31.2 Å². The number of amides is 1. The van der Waals surface area contributed by atoms with Crippen LogP contribution in [0.2, 0.25) is 5.02 Å². The van der Waals surface area contributed by atoms with Crippen molar-refractivity contribution < 1.29 is 14.3 Å². The number of methoxy groups -OCH3 is 1. The summed E-state index contributed by atoms with van der Waals surface area (Å²) in [5.74, 6) is 0.495. The minimum atomic E-state index is -0.318. The monoisotopic (exact) mass is 458 g/mol. The summed E-state index contributed by atoms with van der Waals surface area (Å²) in [4.78, 5) is 24.8. The molecule has 1 aliphatic rings. The molecule has 0 unspecified atom stereocenters. The van der Waals surface area contributed by atoms with Gasteiger partial charge < -0.3 is 15.4 Å². The molecule has 2 aromatic carbocycles. The Morgan fingerprint density at radius 2 is 1.56 bits per heavy atom. The molecule has 1 heterocycles. The average Bonchev–Trinajstić information content (AvgIpc) is 3.32. The lowest BCUT2D eigenvalue weighted by Crippen LogP contribution is -2.20. The van der Waals surface area contributed by atoms with E-state index in [2.05, 4.69) is 17.0 Å². The van der Waals surface area contributed by atoms with Crippen molar-refractivity contribution in [2.75, 3.05) is 26.7 Å². The van der Waals surface area contributed by atoms with E-state index in [1.807, 2.05) is 12.1 Å². The van der Waals surface area contributed by atoms with E-state index in [4.69, 9.17) is 22.1 Å². The molecule has 32 heavy (non-hydrogen) atoms. The number of primary amides is 1. The van der Waals surface area contributed by atoms with Crippen LogP contribution < -0.4 is 10.5 Å². The minimum absolute atomic E-state index is 0.0807. The second kappa shape index (κ2) is 14.6. The Morgan fingerprint density at radius 1 is 0.938 bits per heavy atom. The van der Waals surface area contributed by atoms with Crippen molar-refractivity contribution in [3.05, 3.63) is 64.7 Å². The smallest absolute Gasteiger partial charge is 0.217 e. The van der Waals surface area contributed by atoms with Gasteiger partial charge in [-0.3, -0.25) is 9.59 Å². The number of benzene rings is 2. The summed E-state index contributed by atoms with van der Waals surface area (Å²) in [5.41, 5.74) is 7.09. The number of likely N-dealkylation sites (tertiary alicyclic amines) is 1. The summed E-state index contributed by atoms with van der Waals surface area (Å²) in [7, 11) is 1.58. The first-order valence-corrected chi connectivity index (χ1v) is 11.8. The van der Waals surface area contributed by atoms with Crippen LogP contribution in [0.25, 0.3) is 0 Å². The zero-order chi connectivity index (χ0) is 23.2. The molecule has 0 radical (unpaired) electrons. The zero-order valence-electron chi connectivity index (χ0n) is 19.0. The van der Waals surface area contributed by atoms with Gasteiger partial charge in [-0.2, -0.15) is 0 Å². The Morgan fingerprint density at radius 3 is 2.16 bits per heavy atom. The quantitative estimate of drug-likeness (QED) is 0.366. The number of nitrogens with two attached hydrogens (primary N) is 1. The second-order valence-electron chi connectivity index (χ2n) is 8.10. The fraction of sp³-hybridized carbons (Fsp3) is 0.462. The van der Waals surface area contributed by atoms with Crippen LogP contribution in [0.4, 0.5) is 0 Å². The Hall–Kier alpha value is -2.37. The van der Waals surface area contributed by atoms with E-state index in [1.54, 1.807) is 31.4 Å². The maximum atomic E-state index is 11.7. The molecule has 2 aromatic rings. The van der Waals surface area contributed by atoms with Gasteiger partial charge in [0.05, 0.1) is 7.11 Å². The van der Waals surface area contributed by atoms with Crippen LogP contribution in [-0.2, 0) is 11.2 Å². The Bertz CT molecular complexity index is 816. The van der Waals surface area contributed by atoms with Gasteiger partial charge in [-0.05, 0) is 100 Å². The number of carbonyl (C=O) groups is 2. The average molecular weight is 459 g/mol. The molecule has 0 spiro atoms. The van der Waals surface area contributed by atoms with Crippen LogP contribution in [0.15, 0.2) is 48.5 Å². The largest absolute Gasteiger partial charge is 0.497 e. The zero-order valence-corrected chi connectivity index (χ0v) is 19.8. The van der Waals surface area contributed by atoms with Crippen molar-refractivity contribution in [2.24, 2.45) is 5.73 Å². The fourth-order valence-electron chi connectivity index (χ4n) is 3.67. The van der Waals surface area contributed by atoms with Crippen molar-refractivity contribution in [1.82, 2.24) is 4.90 Å². The maximum absolute atomic E-state index is 11.7. The molecule has 3 rings (SSSR count). The van der Waals surface area contributed by atoms with Crippen molar-refractivity contribution in [3.63, 3.8) is 0 Å². The summed E-state index contributed by atoms with van der Waals surface area (Å²) in [6, 6.07) is 15.2. The highest BCUT2D eigenvalue weighted by Gasteiger charge is 2.10. The molecular weight excluding hydrogens is 424 g/mol. The molecule has 6 heteroatoms. The third-order valence-corrected chi connectivity index (χ3v) is 5.79. The minimum Gasteiger partial charge on any atom is -0.497 e. The van der Waals surface area contributed by atoms with E-state index in [9.17, 15) is 9.59 Å². The molecule has 0 atom stereocenters. The molecule has 2 N–H and O–H groups in total. The number of halogens is 1. The number of ether oxygens (including phenoxy) is 1. The number of Topliss-reactive ketones (excluding diaryl/α,β-unsaturated/α-hetero) is 1. The van der Waals surface area contributed by atoms with Gasteiger partial charge in [0.2, 0.25) is 5.91 Å². The molecule has 0 saturated carbocycles. The van der Waals surface area contributed by atoms with E-state index >= 15 is 0 Å². The second-order valence-corrected chi connectivity index (χ2v) is 8.54. The molecule has 174 valence electrons. The first-order valence-electron chi connectivity index (χ1n) is 11.4. The summed E-state index contributed by atoms with van der Waals surface area (Å²) in [5, 5.41) is 0.832. The Labute approximate surface area is 196 Å². The Balaban J connectivity index is 0.000000228. The molecule has 1 saturated heterocycles. The normalized spacial score (nSPS) is 13.3. The highest BCUT2D eigenvalue weighted by molar-refractivity contribution is 6.30. The molecule has 1 amide bonds. The van der Waals surface area contributed by atoms with Gasteiger partial charge in [0.15, 0.2) is 5.78 Å². The van der Waals surface area contributed by atoms with Crippen LogP contribution in [0.5, 0.6) is 5.75 Å². The van der Waals surface area contributed by atoms with E-state index in [-0.39, 0.29) is 11.7 Å². The molecule has 0 bridgehead atoms. The number of hydrogen-bond donors (Lipinski definition) is 1. The standard InChI is InChI=1S/C13H18ClN.C13H17NO3/c14-13-7-5-12(6-8-13)4-3-11-15-9-1-2-10-15;1-17-11-8-6-10(7-9-11)12(15)4-2-3-5-13(14)16/h5-8H,1-4,9-11H2;6-9H,2-5H2,1H3,(H2,14,16). The van der Waals surface area contributed by atoms with Crippen LogP contribution in [0, 0.1) is 0 Å². The SMILES string of the molecule is COc1ccc(C(=O)CCCCC(N)=O)cc1.Clc1ccc(CCCN2CCCC2)cc1. The van der Waals surface area contributed by atoms with Crippen molar-refractivity contribution in [3.8, 4) is 5.75 Å². The molecule has 5 nitrogen and oxygen atoms in total. The highest BCUT2D eigenvalue weighted by Crippen LogP contribution is 2.14. The van der Waals surface area contributed by atoms with Crippen molar-refractivity contribution >= 4 is 23.3 Å². The fourth-order valence-corrected chi connectivity index (χ4v) is 3.80. The first kappa shape index (κ1) is 25.9. The summed E-state index contributed by atoms with van der Waals surface area (Å²) in [6.07, 6.45) is 7.36. The lowest BCUT2D eigenvalue weighted by molar-refractivity contribution is -0.118. The van der Waals surface area contributed by atoms with Crippen LogP contribution >= 0.6 is 11.6 Å².